The van der Waals surface area contributed by atoms with E-state index in [1.165, 1.54) is 5.69 Å². The fourth-order valence-corrected chi connectivity index (χ4v) is 5.04. The van der Waals surface area contributed by atoms with E-state index in [0.29, 0.717) is 28.4 Å². The van der Waals surface area contributed by atoms with Gasteiger partial charge in [0, 0.05) is 59.9 Å². The topological polar surface area (TPSA) is 112 Å². The number of imidazole rings is 2. The van der Waals surface area contributed by atoms with Crippen molar-refractivity contribution in [1.29, 1.82) is 0 Å². The molecule has 10 heteroatoms. The van der Waals surface area contributed by atoms with Crippen LogP contribution in [0, 0.1) is 0 Å². The highest BCUT2D eigenvalue weighted by Gasteiger charge is 2.14. The van der Waals surface area contributed by atoms with E-state index in [0.717, 1.165) is 48.8 Å². The molecule has 3 aromatic carbocycles. The van der Waals surface area contributed by atoms with E-state index in [1.807, 2.05) is 71.4 Å². The SMILES string of the molecule is O=C(Nc1ccc(-c2cnc[nH]2)cc1)c1cccc(-c2cn3ccnc3c(Nc3ccc(N4CCOCC4)cc3)n2)c1. The Morgan fingerprint density at radius 1 is 0.929 bits per heavy atom. The smallest absolute Gasteiger partial charge is 0.255 e. The second kappa shape index (κ2) is 11.2. The summed E-state index contributed by atoms with van der Waals surface area (Å²) in [6.07, 6.45) is 8.95. The van der Waals surface area contributed by atoms with Crippen LogP contribution in [0.3, 0.4) is 0 Å². The normalized spacial score (nSPS) is 13.3. The van der Waals surface area contributed by atoms with Gasteiger partial charge in [-0.1, -0.05) is 24.3 Å². The molecular formula is C32H28N8O2. The van der Waals surface area contributed by atoms with Crippen LogP contribution in [0.1, 0.15) is 10.4 Å². The third kappa shape index (κ3) is 5.30. The van der Waals surface area contributed by atoms with Crippen LogP contribution in [0.5, 0.6) is 0 Å². The van der Waals surface area contributed by atoms with Crippen LogP contribution >= 0.6 is 0 Å². The van der Waals surface area contributed by atoms with Gasteiger partial charge in [0.05, 0.1) is 37.1 Å². The summed E-state index contributed by atoms with van der Waals surface area (Å²) in [6, 6.07) is 23.4. The lowest BCUT2D eigenvalue weighted by molar-refractivity contribution is 0.102. The molecule has 10 nitrogen and oxygen atoms in total. The number of ether oxygens (including phenoxy) is 1. The Balaban J connectivity index is 1.11. The number of nitrogens with one attached hydrogen (secondary N) is 3. The largest absolute Gasteiger partial charge is 0.378 e. The van der Waals surface area contributed by atoms with Gasteiger partial charge in [0.15, 0.2) is 11.5 Å². The highest BCUT2D eigenvalue weighted by atomic mass is 16.5. The van der Waals surface area contributed by atoms with Crippen molar-refractivity contribution in [1.82, 2.24) is 24.3 Å². The molecule has 1 aliphatic rings. The average Bonchev–Trinajstić information content (AvgIpc) is 3.76. The van der Waals surface area contributed by atoms with E-state index >= 15 is 0 Å². The number of aromatic amines is 1. The van der Waals surface area contributed by atoms with Gasteiger partial charge in [0.25, 0.3) is 5.91 Å². The zero-order chi connectivity index (χ0) is 28.3. The molecule has 0 atom stereocenters. The molecular weight excluding hydrogens is 528 g/mol. The van der Waals surface area contributed by atoms with Gasteiger partial charge < -0.3 is 29.7 Å². The molecule has 0 aliphatic carbocycles. The number of nitrogens with zero attached hydrogens (tertiary/aromatic N) is 5. The Labute approximate surface area is 242 Å². The van der Waals surface area contributed by atoms with E-state index in [2.05, 4.69) is 42.6 Å². The summed E-state index contributed by atoms with van der Waals surface area (Å²) in [7, 11) is 0. The lowest BCUT2D eigenvalue weighted by Crippen LogP contribution is -2.36. The van der Waals surface area contributed by atoms with Crippen molar-refractivity contribution in [2.45, 2.75) is 0 Å². The molecule has 0 saturated carbocycles. The molecule has 3 aromatic heterocycles. The number of aromatic nitrogens is 5. The quantitative estimate of drug-likeness (QED) is 0.234. The number of fused-ring (bicyclic) bond motifs is 1. The second-order valence-corrected chi connectivity index (χ2v) is 9.98. The zero-order valence-corrected chi connectivity index (χ0v) is 22.7. The van der Waals surface area contributed by atoms with Crippen LogP contribution in [0.15, 0.2) is 104 Å². The van der Waals surface area contributed by atoms with Gasteiger partial charge in [0.2, 0.25) is 0 Å². The number of carbonyl (C=O) groups excluding carboxylic acids is 1. The molecule has 1 aliphatic heterocycles. The maximum absolute atomic E-state index is 13.1. The van der Waals surface area contributed by atoms with Crippen molar-refractivity contribution in [2.75, 3.05) is 41.8 Å². The number of carbonyl (C=O) groups is 1. The Bertz CT molecular complexity index is 1820. The monoisotopic (exact) mass is 556 g/mol. The molecule has 4 heterocycles. The third-order valence-electron chi connectivity index (χ3n) is 7.25. The van der Waals surface area contributed by atoms with Gasteiger partial charge in [-0.2, -0.15) is 0 Å². The minimum Gasteiger partial charge on any atom is -0.378 e. The maximum atomic E-state index is 13.1. The lowest BCUT2D eigenvalue weighted by atomic mass is 10.1. The molecule has 0 bridgehead atoms. The van der Waals surface area contributed by atoms with Crippen molar-refractivity contribution in [3.63, 3.8) is 0 Å². The summed E-state index contributed by atoms with van der Waals surface area (Å²) in [5, 5.41) is 6.42. The first-order chi connectivity index (χ1) is 20.7. The van der Waals surface area contributed by atoms with E-state index in [9.17, 15) is 4.79 Å². The number of rotatable bonds is 7. The highest BCUT2D eigenvalue weighted by Crippen LogP contribution is 2.27. The zero-order valence-electron chi connectivity index (χ0n) is 22.7. The van der Waals surface area contributed by atoms with Crippen LogP contribution < -0.4 is 15.5 Å². The first-order valence-electron chi connectivity index (χ1n) is 13.7. The van der Waals surface area contributed by atoms with Crippen molar-refractivity contribution < 1.29 is 9.53 Å². The molecule has 1 saturated heterocycles. The summed E-state index contributed by atoms with van der Waals surface area (Å²) >= 11 is 0. The predicted molar refractivity (Wildman–Crippen MR) is 163 cm³/mol. The number of anilines is 4. The van der Waals surface area contributed by atoms with Crippen LogP contribution in [0.25, 0.3) is 28.2 Å². The molecule has 1 fully saturated rings. The van der Waals surface area contributed by atoms with Crippen molar-refractivity contribution >= 4 is 34.4 Å². The molecule has 7 rings (SSSR count). The van der Waals surface area contributed by atoms with E-state index in [1.54, 1.807) is 24.8 Å². The van der Waals surface area contributed by atoms with Gasteiger partial charge in [0.1, 0.15) is 0 Å². The molecule has 1 amide bonds. The predicted octanol–water partition coefficient (Wildman–Crippen LogP) is 5.62. The molecule has 6 aromatic rings. The number of hydrogen-bond donors (Lipinski definition) is 3. The van der Waals surface area contributed by atoms with Crippen LogP contribution in [0.4, 0.5) is 22.9 Å². The Kier molecular flexibility index (Phi) is 6.79. The number of benzene rings is 3. The fraction of sp³-hybridized carbons (Fsp3) is 0.125. The summed E-state index contributed by atoms with van der Waals surface area (Å²) in [5.41, 5.74) is 7.47. The van der Waals surface area contributed by atoms with Crippen LogP contribution in [-0.2, 0) is 4.74 Å². The second-order valence-electron chi connectivity index (χ2n) is 9.98. The maximum Gasteiger partial charge on any atom is 0.255 e. The first-order valence-corrected chi connectivity index (χ1v) is 13.7. The van der Waals surface area contributed by atoms with Crippen LogP contribution in [-0.4, -0.2) is 56.5 Å². The molecule has 208 valence electrons. The third-order valence-corrected chi connectivity index (χ3v) is 7.25. The lowest BCUT2D eigenvalue weighted by Gasteiger charge is -2.28. The van der Waals surface area contributed by atoms with Crippen molar-refractivity contribution in [3.05, 3.63) is 109 Å². The fourth-order valence-electron chi connectivity index (χ4n) is 5.04. The first kappa shape index (κ1) is 25.5. The average molecular weight is 557 g/mol. The van der Waals surface area contributed by atoms with E-state index in [-0.39, 0.29) is 5.91 Å². The van der Waals surface area contributed by atoms with Crippen LogP contribution in [0.2, 0.25) is 0 Å². The molecule has 42 heavy (non-hydrogen) atoms. The molecule has 0 spiro atoms. The summed E-state index contributed by atoms with van der Waals surface area (Å²) in [4.78, 5) is 32.0. The molecule has 3 N–H and O–H groups in total. The Morgan fingerprint density at radius 3 is 2.52 bits per heavy atom. The van der Waals surface area contributed by atoms with Gasteiger partial charge >= 0.3 is 0 Å². The summed E-state index contributed by atoms with van der Waals surface area (Å²) in [6.45, 7) is 3.27. The number of hydrogen-bond acceptors (Lipinski definition) is 7. The van der Waals surface area contributed by atoms with Gasteiger partial charge in [-0.3, -0.25) is 4.79 Å². The highest BCUT2D eigenvalue weighted by molar-refractivity contribution is 6.05. The minimum atomic E-state index is -0.200. The summed E-state index contributed by atoms with van der Waals surface area (Å²) in [5.74, 6) is 0.428. The standard InChI is InChI=1S/C32H28N8O2/c41-32(37-26-6-4-22(5-7-26)28-19-33-21-35-28)24-3-1-2-23(18-24)29-20-40-13-12-34-31(40)30(38-29)36-25-8-10-27(11-9-25)39-14-16-42-17-15-39/h1-13,18-21H,14-17H2,(H,33,35)(H,36,38)(H,37,41). The molecule has 0 radical (unpaired) electrons. The summed E-state index contributed by atoms with van der Waals surface area (Å²) < 4.78 is 7.40. The van der Waals surface area contributed by atoms with Crippen molar-refractivity contribution in [3.8, 4) is 22.5 Å². The molecule has 0 unspecified atom stereocenters. The number of amides is 1. The van der Waals surface area contributed by atoms with E-state index in [4.69, 9.17) is 9.72 Å². The van der Waals surface area contributed by atoms with Crippen molar-refractivity contribution in [2.24, 2.45) is 0 Å². The number of morpholine rings is 1. The minimum absolute atomic E-state index is 0.200. The Morgan fingerprint density at radius 2 is 1.74 bits per heavy atom. The van der Waals surface area contributed by atoms with Gasteiger partial charge in [-0.15, -0.1) is 0 Å². The van der Waals surface area contributed by atoms with Gasteiger partial charge in [-0.25, -0.2) is 15.0 Å². The van der Waals surface area contributed by atoms with E-state index < -0.39 is 0 Å². The number of H-pyrrole nitrogens is 1. The van der Waals surface area contributed by atoms with Gasteiger partial charge in [-0.05, 0) is 54.1 Å². The Hall–Kier alpha value is -5.48.